The highest BCUT2D eigenvalue weighted by molar-refractivity contribution is 7.47. The number of allylic oxidation sites excluding steroid dienone is 13. The summed E-state index contributed by atoms with van der Waals surface area (Å²) in [5.74, 6) is -1.27. The highest BCUT2D eigenvalue weighted by Gasteiger charge is 2.27. The molecule has 5 atom stereocenters. The molecule has 0 spiro atoms. The maximum Gasteiger partial charge on any atom is 0.472 e. The Morgan fingerprint density at radius 2 is 1.11 bits per heavy atom. The molecule has 0 amide bonds. The number of rotatable bonds is 37. The minimum Gasteiger partial charge on any atom is -0.462 e. The van der Waals surface area contributed by atoms with Crippen LogP contribution in [-0.2, 0) is 32.7 Å². The van der Waals surface area contributed by atoms with Crippen LogP contribution in [0.2, 0.25) is 0 Å². The van der Waals surface area contributed by atoms with Gasteiger partial charge in [0, 0.05) is 12.8 Å². The van der Waals surface area contributed by atoms with Gasteiger partial charge in [-0.15, -0.1) is 0 Å². The Kier molecular flexibility index (Phi) is 36.6. The lowest BCUT2D eigenvalue weighted by Crippen LogP contribution is -2.30. The summed E-state index contributed by atoms with van der Waals surface area (Å²) >= 11 is 0. The highest BCUT2D eigenvalue weighted by atomic mass is 31.2. The zero-order valence-corrected chi connectivity index (χ0v) is 35.4. The summed E-state index contributed by atoms with van der Waals surface area (Å²) in [4.78, 5) is 35.0. The molecule has 1 unspecified atom stereocenters. The minimum atomic E-state index is -4.71. The SMILES string of the molecule is CC/C=C\C/C=C\C/C=C\C/C=C\C[C@@H](O)[C@H](O)CCCC(=O)O[C@H](COC(=O)CCCC/C=C\C/C=C\C/C=C\CCCCC)COP(=O)(O)OC[C@@H](O)CO. The van der Waals surface area contributed by atoms with Crippen molar-refractivity contribution < 1.29 is 58.0 Å². The molecule has 5 N–H and O–H groups in total. The van der Waals surface area contributed by atoms with Crippen LogP contribution in [0, 0.1) is 0 Å². The predicted octanol–water partition coefficient (Wildman–Crippen LogP) is 8.61. The molecule has 0 rings (SSSR count). The van der Waals surface area contributed by atoms with Crippen LogP contribution in [0.4, 0.5) is 0 Å². The Morgan fingerprint density at radius 1 is 0.596 bits per heavy atom. The fourth-order valence-electron chi connectivity index (χ4n) is 4.91. The molecule has 0 radical (unpaired) electrons. The smallest absolute Gasteiger partial charge is 0.462 e. The van der Waals surface area contributed by atoms with Crippen LogP contribution in [0.3, 0.4) is 0 Å². The van der Waals surface area contributed by atoms with Gasteiger partial charge in [0.05, 0.1) is 32.0 Å². The van der Waals surface area contributed by atoms with Gasteiger partial charge in [0.2, 0.25) is 0 Å². The molecular weight excluding hydrogens is 751 g/mol. The highest BCUT2D eigenvalue weighted by Crippen LogP contribution is 2.43. The van der Waals surface area contributed by atoms with E-state index in [0.717, 1.165) is 51.4 Å². The molecule has 0 fully saturated rings. The van der Waals surface area contributed by atoms with Crippen molar-refractivity contribution in [2.24, 2.45) is 0 Å². The zero-order chi connectivity index (χ0) is 42.2. The van der Waals surface area contributed by atoms with Crippen LogP contribution < -0.4 is 0 Å². The lowest BCUT2D eigenvalue weighted by Gasteiger charge is -2.20. The molecule has 0 aromatic rings. The number of aliphatic hydroxyl groups is 4. The van der Waals surface area contributed by atoms with Gasteiger partial charge >= 0.3 is 19.8 Å². The quantitative estimate of drug-likeness (QED) is 0.0174. The van der Waals surface area contributed by atoms with E-state index in [9.17, 15) is 34.4 Å². The van der Waals surface area contributed by atoms with Crippen molar-refractivity contribution in [3.63, 3.8) is 0 Å². The van der Waals surface area contributed by atoms with Crippen molar-refractivity contribution in [2.75, 3.05) is 26.4 Å². The standard InChI is InChI=1S/C44H73O12P/c1-3-5-7-9-11-13-15-17-18-19-21-23-25-27-29-33-43(49)53-37-40(38-55-57(51,52)54-36-39(46)35-45)56-44(50)34-30-32-42(48)41(47)31-28-26-24-22-20-16-14-12-10-8-6-4-2/h6,8,11-14,17-18,20-23,26,28,39-42,45-48H,3-5,7,9-10,15-16,19,24-25,27,29-38H2,1-2H3,(H,51,52)/b8-6-,13-11-,14-12-,18-17-,22-20-,23-21-,28-26-/t39-,40+,41+,42+/m0/s1. The van der Waals surface area contributed by atoms with Gasteiger partial charge < -0.3 is 34.8 Å². The Balaban J connectivity index is 4.67. The molecule has 326 valence electrons. The van der Waals surface area contributed by atoms with E-state index in [4.69, 9.17) is 19.1 Å². The second kappa shape index (κ2) is 38.6. The van der Waals surface area contributed by atoms with Crippen molar-refractivity contribution >= 4 is 19.8 Å². The van der Waals surface area contributed by atoms with Gasteiger partial charge in [0.25, 0.3) is 0 Å². The van der Waals surface area contributed by atoms with Crippen LogP contribution in [0.5, 0.6) is 0 Å². The maximum atomic E-state index is 12.6. The van der Waals surface area contributed by atoms with Gasteiger partial charge in [0.1, 0.15) is 12.7 Å². The summed E-state index contributed by atoms with van der Waals surface area (Å²) in [6.45, 7) is 1.82. The first-order valence-electron chi connectivity index (χ1n) is 20.7. The number of phosphoric ester groups is 1. The van der Waals surface area contributed by atoms with E-state index in [0.29, 0.717) is 12.8 Å². The van der Waals surface area contributed by atoms with E-state index in [2.05, 4.69) is 85.2 Å². The Labute approximate surface area is 342 Å². The van der Waals surface area contributed by atoms with E-state index in [1.165, 1.54) is 19.3 Å². The average molecular weight is 825 g/mol. The van der Waals surface area contributed by atoms with Gasteiger partial charge in [-0.05, 0) is 89.9 Å². The summed E-state index contributed by atoms with van der Waals surface area (Å²) in [5.41, 5.74) is 0. The summed E-state index contributed by atoms with van der Waals surface area (Å²) in [6, 6.07) is 0. The van der Waals surface area contributed by atoms with Gasteiger partial charge in [-0.25, -0.2) is 4.57 Å². The van der Waals surface area contributed by atoms with Crippen molar-refractivity contribution in [3.8, 4) is 0 Å². The van der Waals surface area contributed by atoms with Gasteiger partial charge in [-0.1, -0.05) is 112 Å². The van der Waals surface area contributed by atoms with Crippen molar-refractivity contribution in [3.05, 3.63) is 85.1 Å². The molecular formula is C44H73O12P. The molecule has 0 aromatic carbocycles. The number of unbranched alkanes of at least 4 members (excludes halogenated alkanes) is 5. The lowest BCUT2D eigenvalue weighted by molar-refractivity contribution is -0.161. The van der Waals surface area contributed by atoms with Crippen LogP contribution in [0.25, 0.3) is 0 Å². The zero-order valence-electron chi connectivity index (χ0n) is 34.5. The largest absolute Gasteiger partial charge is 0.472 e. The summed E-state index contributed by atoms with van der Waals surface area (Å²) in [7, 11) is -4.71. The maximum absolute atomic E-state index is 12.6. The molecule has 12 nitrogen and oxygen atoms in total. The number of ether oxygens (including phenoxy) is 2. The molecule has 0 aromatic heterocycles. The Hall–Kier alpha value is -2.93. The van der Waals surface area contributed by atoms with E-state index in [1.807, 2.05) is 12.2 Å². The fourth-order valence-corrected chi connectivity index (χ4v) is 5.70. The third-order valence-electron chi connectivity index (χ3n) is 8.23. The normalized spacial score (nSPS) is 15.8. The van der Waals surface area contributed by atoms with Crippen molar-refractivity contribution in [1.82, 2.24) is 0 Å². The van der Waals surface area contributed by atoms with E-state index < -0.39 is 70.6 Å². The Bertz CT molecular complexity index is 1260. The predicted molar refractivity (Wildman–Crippen MR) is 226 cm³/mol. The minimum absolute atomic E-state index is 0.121. The number of aliphatic hydroxyl groups excluding tert-OH is 4. The molecule has 0 heterocycles. The van der Waals surface area contributed by atoms with Gasteiger partial charge in [0.15, 0.2) is 6.10 Å². The number of carbonyl (C=O) groups excluding carboxylic acids is 2. The molecule has 57 heavy (non-hydrogen) atoms. The summed E-state index contributed by atoms with van der Waals surface area (Å²) < 4.78 is 32.4. The van der Waals surface area contributed by atoms with Crippen LogP contribution in [-0.4, -0.2) is 88.1 Å². The molecule has 0 aliphatic heterocycles. The first kappa shape index (κ1) is 54.1. The van der Waals surface area contributed by atoms with Crippen LogP contribution >= 0.6 is 7.82 Å². The van der Waals surface area contributed by atoms with E-state index in [-0.39, 0.29) is 32.1 Å². The van der Waals surface area contributed by atoms with Crippen LogP contribution in [0.15, 0.2) is 85.1 Å². The number of phosphoric acid groups is 1. The average Bonchev–Trinajstić information content (AvgIpc) is 3.19. The number of carbonyl (C=O) groups is 2. The second-order valence-electron chi connectivity index (χ2n) is 13.6. The summed E-state index contributed by atoms with van der Waals surface area (Å²) in [5, 5.41) is 39.0. The fraction of sp³-hybridized carbons (Fsp3) is 0.636. The van der Waals surface area contributed by atoms with Crippen molar-refractivity contribution in [1.29, 1.82) is 0 Å². The second-order valence-corrected chi connectivity index (χ2v) is 15.0. The van der Waals surface area contributed by atoms with E-state index >= 15 is 0 Å². The van der Waals surface area contributed by atoms with Gasteiger partial charge in [-0.2, -0.15) is 0 Å². The molecule has 0 aliphatic carbocycles. The third-order valence-corrected chi connectivity index (χ3v) is 9.19. The Morgan fingerprint density at radius 3 is 1.67 bits per heavy atom. The molecule has 0 saturated carbocycles. The third kappa shape index (κ3) is 37.1. The molecule has 0 aliphatic rings. The first-order valence-corrected chi connectivity index (χ1v) is 22.2. The molecule has 0 saturated heterocycles. The monoisotopic (exact) mass is 824 g/mol. The number of hydrogen-bond acceptors (Lipinski definition) is 11. The number of hydrogen-bond donors (Lipinski definition) is 5. The lowest BCUT2D eigenvalue weighted by atomic mass is 10.0. The molecule has 13 heteroatoms. The van der Waals surface area contributed by atoms with Crippen molar-refractivity contribution in [2.45, 2.75) is 154 Å². The van der Waals surface area contributed by atoms with E-state index in [1.54, 1.807) is 6.08 Å². The topological polar surface area (TPSA) is 189 Å². The van der Waals surface area contributed by atoms with Crippen LogP contribution in [0.1, 0.15) is 129 Å². The van der Waals surface area contributed by atoms with Gasteiger partial charge in [-0.3, -0.25) is 18.6 Å². The first-order chi connectivity index (χ1) is 27.5. The summed E-state index contributed by atoms with van der Waals surface area (Å²) in [6.07, 6.45) is 37.2. The number of esters is 2. The molecule has 0 bridgehead atoms.